The Balaban J connectivity index is 3.86. The van der Waals surface area contributed by atoms with Crippen molar-refractivity contribution in [1.82, 2.24) is 5.32 Å². The minimum Gasteiger partial charge on any atom is -0.347 e. The van der Waals surface area contributed by atoms with E-state index in [1.165, 1.54) is 0 Å². The summed E-state index contributed by atoms with van der Waals surface area (Å²) < 4.78 is 30.4. The molecule has 0 rings (SSSR count). The highest BCUT2D eigenvalue weighted by molar-refractivity contribution is 7.85. The highest BCUT2D eigenvalue weighted by atomic mass is 32.2. The third-order valence-corrected chi connectivity index (χ3v) is 3.61. The first-order valence-electron chi connectivity index (χ1n) is 6.24. The van der Waals surface area contributed by atoms with Gasteiger partial charge in [0.15, 0.2) is 0 Å². The van der Waals surface area contributed by atoms with Gasteiger partial charge in [-0.1, -0.05) is 6.58 Å². The number of nitrogens with one attached hydrogen (secondary N) is 1. The van der Waals surface area contributed by atoms with E-state index in [0.29, 0.717) is 29.4 Å². The van der Waals surface area contributed by atoms with Crippen LogP contribution in [0.5, 0.6) is 0 Å². The zero-order valence-electron chi connectivity index (χ0n) is 12.0. The fourth-order valence-corrected chi connectivity index (χ4v) is 2.13. The SMILES string of the molecule is C=C(C)C(=O)NCC[N+](C)(C)CCCCS(=O)(=O)O. The van der Waals surface area contributed by atoms with Crippen molar-refractivity contribution in [2.75, 3.05) is 39.5 Å². The second-order valence-corrected chi connectivity index (χ2v) is 6.98. The van der Waals surface area contributed by atoms with Crippen molar-refractivity contribution in [1.29, 1.82) is 0 Å². The third kappa shape index (κ3) is 10.7. The lowest BCUT2D eigenvalue weighted by Gasteiger charge is -2.29. The lowest BCUT2D eigenvalue weighted by atomic mass is 10.3. The van der Waals surface area contributed by atoms with Crippen molar-refractivity contribution in [2.45, 2.75) is 19.8 Å². The van der Waals surface area contributed by atoms with Crippen LogP contribution in [-0.4, -0.2) is 62.8 Å². The fraction of sp³-hybridized carbons (Fsp3) is 0.750. The molecule has 19 heavy (non-hydrogen) atoms. The van der Waals surface area contributed by atoms with Crippen LogP contribution < -0.4 is 5.32 Å². The second-order valence-electron chi connectivity index (χ2n) is 5.41. The molecule has 0 radical (unpaired) electrons. The number of hydrogen-bond donors (Lipinski definition) is 2. The van der Waals surface area contributed by atoms with Gasteiger partial charge >= 0.3 is 0 Å². The number of carbonyl (C=O) groups excluding carboxylic acids is 1. The predicted octanol–water partition coefficient (Wildman–Crippen LogP) is 0.423. The van der Waals surface area contributed by atoms with Gasteiger partial charge in [0.2, 0.25) is 5.91 Å². The van der Waals surface area contributed by atoms with Crippen LogP contribution in [0.4, 0.5) is 0 Å². The summed E-state index contributed by atoms with van der Waals surface area (Å²) in [5.74, 6) is -0.342. The van der Waals surface area contributed by atoms with E-state index in [-0.39, 0.29) is 11.7 Å². The Labute approximate surface area is 115 Å². The highest BCUT2D eigenvalue weighted by Gasteiger charge is 2.15. The normalized spacial score (nSPS) is 12.2. The molecule has 0 spiro atoms. The van der Waals surface area contributed by atoms with Gasteiger partial charge in [-0.25, -0.2) is 0 Å². The molecule has 0 saturated heterocycles. The summed E-state index contributed by atoms with van der Waals surface area (Å²) in [6.07, 6.45) is 1.15. The van der Waals surface area contributed by atoms with Gasteiger partial charge < -0.3 is 9.80 Å². The zero-order valence-corrected chi connectivity index (χ0v) is 12.8. The lowest BCUT2D eigenvalue weighted by Crippen LogP contribution is -2.46. The maximum atomic E-state index is 11.3. The van der Waals surface area contributed by atoms with Crippen molar-refractivity contribution in [2.24, 2.45) is 0 Å². The zero-order chi connectivity index (χ0) is 15.1. The van der Waals surface area contributed by atoms with Crippen molar-refractivity contribution in [3.63, 3.8) is 0 Å². The smallest absolute Gasteiger partial charge is 0.264 e. The predicted molar refractivity (Wildman–Crippen MR) is 75.3 cm³/mol. The molecule has 0 bridgehead atoms. The summed E-state index contributed by atoms with van der Waals surface area (Å²) in [5, 5.41) is 2.76. The minimum absolute atomic E-state index is 0.147. The molecule has 0 aliphatic rings. The van der Waals surface area contributed by atoms with E-state index in [1.54, 1.807) is 6.92 Å². The van der Waals surface area contributed by atoms with Crippen LogP contribution in [0.25, 0.3) is 0 Å². The van der Waals surface area contributed by atoms with Crippen LogP contribution in [0.1, 0.15) is 19.8 Å². The molecule has 0 aromatic carbocycles. The second kappa shape index (κ2) is 7.62. The van der Waals surface area contributed by atoms with E-state index in [1.807, 2.05) is 14.1 Å². The number of nitrogens with zero attached hydrogens (tertiary/aromatic N) is 1. The molecule has 7 heteroatoms. The van der Waals surface area contributed by atoms with E-state index in [0.717, 1.165) is 13.1 Å². The third-order valence-electron chi connectivity index (χ3n) is 2.81. The molecular weight excluding hydrogens is 268 g/mol. The largest absolute Gasteiger partial charge is 0.347 e. The molecule has 0 aromatic heterocycles. The molecule has 0 aromatic rings. The van der Waals surface area contributed by atoms with Gasteiger partial charge in [-0.15, -0.1) is 0 Å². The van der Waals surface area contributed by atoms with Crippen molar-refractivity contribution >= 4 is 16.0 Å². The molecule has 0 fully saturated rings. The summed E-state index contributed by atoms with van der Waals surface area (Å²) in [7, 11) is 0.175. The maximum Gasteiger partial charge on any atom is 0.264 e. The summed E-state index contributed by atoms with van der Waals surface area (Å²) >= 11 is 0. The van der Waals surface area contributed by atoms with E-state index < -0.39 is 10.1 Å². The summed E-state index contributed by atoms with van der Waals surface area (Å²) in [6.45, 7) is 7.31. The van der Waals surface area contributed by atoms with Gasteiger partial charge in [0, 0.05) is 5.57 Å². The number of quaternary nitrogens is 1. The van der Waals surface area contributed by atoms with Crippen LogP contribution in [0.3, 0.4) is 0 Å². The first kappa shape index (κ1) is 18.1. The number of likely N-dealkylation sites (N-methyl/N-ethyl adjacent to an activating group) is 1. The van der Waals surface area contributed by atoms with Crippen molar-refractivity contribution in [3.8, 4) is 0 Å². The molecule has 6 nitrogen and oxygen atoms in total. The Bertz CT molecular complexity index is 415. The van der Waals surface area contributed by atoms with E-state index >= 15 is 0 Å². The maximum absolute atomic E-state index is 11.3. The van der Waals surface area contributed by atoms with Gasteiger partial charge in [-0.3, -0.25) is 9.35 Å². The Morgan fingerprint density at radius 1 is 1.26 bits per heavy atom. The number of rotatable bonds is 9. The summed E-state index contributed by atoms with van der Waals surface area (Å²) in [5.41, 5.74) is 0.485. The molecule has 0 saturated carbocycles. The van der Waals surface area contributed by atoms with Crippen LogP contribution >= 0.6 is 0 Å². The standard InChI is InChI=1S/C12H24N2O4S/c1-11(2)12(15)13-7-9-14(3,4)8-5-6-10-19(16,17)18/h1,5-10H2,2-4H3,(H-,13,15,16,17,18)/p+1. The number of amides is 1. The molecule has 0 heterocycles. The lowest BCUT2D eigenvalue weighted by molar-refractivity contribution is -0.889. The molecule has 0 unspecified atom stereocenters. The molecule has 1 amide bonds. The first-order chi connectivity index (χ1) is 8.53. The highest BCUT2D eigenvalue weighted by Crippen LogP contribution is 2.02. The van der Waals surface area contributed by atoms with Crippen LogP contribution in [0.15, 0.2) is 12.2 Å². The minimum atomic E-state index is -3.85. The van der Waals surface area contributed by atoms with Crippen LogP contribution in [-0.2, 0) is 14.9 Å². The average molecular weight is 293 g/mol. The Morgan fingerprint density at radius 3 is 2.32 bits per heavy atom. The molecule has 0 aliphatic carbocycles. The van der Waals surface area contributed by atoms with Gasteiger partial charge in [-0.2, -0.15) is 8.42 Å². The van der Waals surface area contributed by atoms with E-state index in [9.17, 15) is 13.2 Å². The molecular formula is C12H25N2O4S+. The van der Waals surface area contributed by atoms with E-state index in [4.69, 9.17) is 4.55 Å². The number of hydrogen-bond acceptors (Lipinski definition) is 3. The quantitative estimate of drug-likeness (QED) is 0.279. The monoisotopic (exact) mass is 293 g/mol. The first-order valence-corrected chi connectivity index (χ1v) is 7.85. The Kier molecular flexibility index (Phi) is 7.25. The molecule has 112 valence electrons. The molecule has 2 N–H and O–H groups in total. The molecule has 0 aliphatic heterocycles. The number of unbranched alkanes of at least 4 members (excludes halogenated alkanes) is 1. The van der Waals surface area contributed by atoms with Crippen molar-refractivity contribution < 1.29 is 22.2 Å². The van der Waals surface area contributed by atoms with Crippen molar-refractivity contribution in [3.05, 3.63) is 12.2 Å². The van der Waals surface area contributed by atoms with Crippen LogP contribution in [0, 0.1) is 0 Å². The van der Waals surface area contributed by atoms with Gasteiger partial charge in [0.25, 0.3) is 10.1 Å². The van der Waals surface area contributed by atoms with E-state index in [2.05, 4.69) is 11.9 Å². The Morgan fingerprint density at radius 2 is 1.84 bits per heavy atom. The fourth-order valence-electron chi connectivity index (χ4n) is 1.56. The van der Waals surface area contributed by atoms with Gasteiger partial charge in [-0.05, 0) is 19.8 Å². The summed E-state index contributed by atoms with van der Waals surface area (Å²) in [4.78, 5) is 11.3. The van der Waals surface area contributed by atoms with Crippen LogP contribution in [0.2, 0.25) is 0 Å². The van der Waals surface area contributed by atoms with Gasteiger partial charge in [0.05, 0.1) is 39.5 Å². The summed E-state index contributed by atoms with van der Waals surface area (Å²) in [6, 6.07) is 0. The number of carbonyl (C=O) groups is 1. The topological polar surface area (TPSA) is 83.5 Å². The average Bonchev–Trinajstić information content (AvgIpc) is 2.22. The van der Waals surface area contributed by atoms with Gasteiger partial charge in [0.1, 0.15) is 0 Å². The molecule has 0 atom stereocenters. The Hall–Kier alpha value is -0.920.